The third-order valence-corrected chi connectivity index (χ3v) is 2.94. The van der Waals surface area contributed by atoms with Crippen LogP contribution in [0.1, 0.15) is 51.4 Å². The van der Waals surface area contributed by atoms with Crippen molar-refractivity contribution in [1.29, 1.82) is 0 Å². The minimum Gasteiger partial charge on any atom is -0.381 e. The van der Waals surface area contributed by atoms with Crippen LogP contribution >= 0.6 is 0 Å². The number of hydrogen-bond donors (Lipinski definition) is 2. The summed E-state index contributed by atoms with van der Waals surface area (Å²) in [6.07, 6.45) is 8.73. The van der Waals surface area contributed by atoms with Crippen LogP contribution in [-0.4, -0.2) is 39.8 Å². The van der Waals surface area contributed by atoms with E-state index in [9.17, 15) is 4.79 Å². The van der Waals surface area contributed by atoms with Crippen molar-refractivity contribution in [3.05, 3.63) is 0 Å². The van der Waals surface area contributed by atoms with Crippen LogP contribution in [0.2, 0.25) is 0 Å². The van der Waals surface area contributed by atoms with E-state index >= 15 is 0 Å². The van der Waals surface area contributed by atoms with Crippen molar-refractivity contribution >= 4 is 5.91 Å². The molecule has 0 spiro atoms. The molecule has 0 unspecified atom stereocenters. The first-order valence-electron chi connectivity index (χ1n) is 7.24. The molecule has 0 fully saturated rings. The third kappa shape index (κ3) is 13.5. The maximum atomic E-state index is 10.9. The maximum Gasteiger partial charge on any atom is 0.219 e. The molecule has 0 aliphatic carbocycles. The van der Waals surface area contributed by atoms with Gasteiger partial charge >= 0.3 is 0 Å². The molecule has 0 heterocycles. The molecule has 0 aromatic heterocycles. The van der Waals surface area contributed by atoms with Crippen LogP contribution in [-0.2, 0) is 9.53 Å². The number of unbranched alkanes of at least 4 members (excludes halogenated alkanes) is 5. The molecule has 18 heavy (non-hydrogen) atoms. The molecule has 0 saturated carbocycles. The number of carbonyl (C=O) groups excluding carboxylic acids is 1. The SMILES string of the molecule is CNCCCCCCOCCCCCC(=O)NC. The highest BCUT2D eigenvalue weighted by molar-refractivity contribution is 5.75. The molecular weight excluding hydrogens is 228 g/mol. The largest absolute Gasteiger partial charge is 0.381 e. The van der Waals surface area contributed by atoms with E-state index in [0.29, 0.717) is 6.42 Å². The van der Waals surface area contributed by atoms with Gasteiger partial charge in [0.05, 0.1) is 0 Å². The summed E-state index contributed by atoms with van der Waals surface area (Å²) in [5.74, 6) is 0.137. The lowest BCUT2D eigenvalue weighted by Crippen LogP contribution is -2.16. The molecule has 0 saturated heterocycles. The van der Waals surface area contributed by atoms with Crippen molar-refractivity contribution in [3.63, 3.8) is 0 Å². The Morgan fingerprint density at radius 2 is 1.50 bits per heavy atom. The zero-order valence-corrected chi connectivity index (χ0v) is 12.1. The van der Waals surface area contributed by atoms with Crippen LogP contribution in [0.3, 0.4) is 0 Å². The number of ether oxygens (including phenoxy) is 1. The molecule has 0 bridgehead atoms. The predicted molar refractivity (Wildman–Crippen MR) is 75.7 cm³/mol. The maximum absolute atomic E-state index is 10.9. The Labute approximate surface area is 112 Å². The normalized spacial score (nSPS) is 10.6. The van der Waals surface area contributed by atoms with Gasteiger partial charge in [-0.1, -0.05) is 19.3 Å². The number of amides is 1. The minimum atomic E-state index is 0.137. The van der Waals surface area contributed by atoms with Crippen molar-refractivity contribution < 1.29 is 9.53 Å². The molecule has 0 aliphatic rings. The molecule has 0 aliphatic heterocycles. The zero-order chi connectivity index (χ0) is 13.5. The van der Waals surface area contributed by atoms with E-state index in [2.05, 4.69) is 10.6 Å². The fraction of sp³-hybridized carbons (Fsp3) is 0.929. The first-order valence-corrected chi connectivity index (χ1v) is 7.24. The number of nitrogens with one attached hydrogen (secondary N) is 2. The lowest BCUT2D eigenvalue weighted by molar-refractivity contribution is -0.120. The Kier molecular flexibility index (Phi) is 14.0. The molecule has 0 aromatic carbocycles. The van der Waals surface area contributed by atoms with Crippen molar-refractivity contribution in [2.24, 2.45) is 0 Å². The summed E-state index contributed by atoms with van der Waals surface area (Å²) in [6.45, 7) is 2.84. The van der Waals surface area contributed by atoms with Crippen LogP contribution in [0.4, 0.5) is 0 Å². The molecule has 108 valence electrons. The first-order chi connectivity index (χ1) is 8.81. The minimum absolute atomic E-state index is 0.137. The summed E-state index contributed by atoms with van der Waals surface area (Å²) < 4.78 is 5.56. The summed E-state index contributed by atoms with van der Waals surface area (Å²) >= 11 is 0. The van der Waals surface area contributed by atoms with Gasteiger partial charge in [-0.25, -0.2) is 0 Å². The average Bonchev–Trinajstić information content (AvgIpc) is 2.39. The monoisotopic (exact) mass is 258 g/mol. The Balaban J connectivity index is 2.97. The first kappa shape index (κ1) is 17.4. The van der Waals surface area contributed by atoms with Crippen molar-refractivity contribution in [2.75, 3.05) is 33.9 Å². The Bertz CT molecular complexity index is 187. The molecule has 0 atom stereocenters. The summed E-state index contributed by atoms with van der Waals surface area (Å²) in [4.78, 5) is 10.9. The summed E-state index contributed by atoms with van der Waals surface area (Å²) in [5.41, 5.74) is 0. The van der Waals surface area contributed by atoms with Gasteiger partial charge < -0.3 is 15.4 Å². The van der Waals surface area contributed by atoms with Gasteiger partial charge in [0.15, 0.2) is 0 Å². The molecule has 2 N–H and O–H groups in total. The van der Waals surface area contributed by atoms with Gasteiger partial charge in [0.2, 0.25) is 5.91 Å². The smallest absolute Gasteiger partial charge is 0.219 e. The van der Waals surface area contributed by atoms with Crippen LogP contribution in [0, 0.1) is 0 Å². The molecule has 0 rings (SSSR count). The average molecular weight is 258 g/mol. The highest BCUT2D eigenvalue weighted by Crippen LogP contribution is 2.02. The third-order valence-electron chi connectivity index (χ3n) is 2.94. The number of carbonyl (C=O) groups is 1. The highest BCUT2D eigenvalue weighted by Gasteiger charge is 1.97. The van der Waals surface area contributed by atoms with E-state index in [4.69, 9.17) is 4.74 Å². The fourth-order valence-corrected chi connectivity index (χ4v) is 1.75. The predicted octanol–water partition coefficient (Wildman–Crippen LogP) is 2.09. The van der Waals surface area contributed by atoms with Gasteiger partial charge in [0.1, 0.15) is 0 Å². The Hall–Kier alpha value is -0.610. The summed E-state index contributed by atoms with van der Waals surface area (Å²) in [7, 11) is 3.68. The highest BCUT2D eigenvalue weighted by atomic mass is 16.5. The van der Waals surface area contributed by atoms with Gasteiger partial charge in [-0.2, -0.15) is 0 Å². The quantitative estimate of drug-likeness (QED) is 0.497. The van der Waals surface area contributed by atoms with E-state index < -0.39 is 0 Å². The second kappa shape index (κ2) is 14.5. The van der Waals surface area contributed by atoms with E-state index in [1.807, 2.05) is 7.05 Å². The van der Waals surface area contributed by atoms with E-state index in [0.717, 1.165) is 39.0 Å². The summed E-state index contributed by atoms with van der Waals surface area (Å²) in [6, 6.07) is 0. The van der Waals surface area contributed by atoms with Crippen LogP contribution in [0.5, 0.6) is 0 Å². The molecule has 0 radical (unpaired) electrons. The molecule has 4 heteroatoms. The van der Waals surface area contributed by atoms with E-state index in [-0.39, 0.29) is 5.91 Å². The molecule has 4 nitrogen and oxygen atoms in total. The van der Waals surface area contributed by atoms with Gasteiger partial charge in [-0.05, 0) is 39.3 Å². The molecular formula is C14H30N2O2. The van der Waals surface area contributed by atoms with E-state index in [1.165, 1.54) is 25.7 Å². The number of rotatable bonds is 13. The topological polar surface area (TPSA) is 50.4 Å². The zero-order valence-electron chi connectivity index (χ0n) is 12.1. The lowest BCUT2D eigenvalue weighted by Gasteiger charge is -2.04. The standard InChI is InChI=1S/C14H30N2O2/c1-15-11-7-3-4-8-12-18-13-9-5-6-10-14(17)16-2/h15H,3-13H2,1-2H3,(H,16,17). The van der Waals surface area contributed by atoms with Gasteiger partial charge in [0, 0.05) is 26.7 Å². The van der Waals surface area contributed by atoms with Crippen molar-refractivity contribution in [2.45, 2.75) is 51.4 Å². The van der Waals surface area contributed by atoms with Crippen LogP contribution in [0.25, 0.3) is 0 Å². The molecule has 1 amide bonds. The van der Waals surface area contributed by atoms with Crippen molar-refractivity contribution in [1.82, 2.24) is 10.6 Å². The Morgan fingerprint density at radius 3 is 2.11 bits per heavy atom. The lowest BCUT2D eigenvalue weighted by atomic mass is 10.2. The van der Waals surface area contributed by atoms with Crippen molar-refractivity contribution in [3.8, 4) is 0 Å². The Morgan fingerprint density at radius 1 is 0.889 bits per heavy atom. The molecule has 0 aromatic rings. The second-order valence-electron chi connectivity index (χ2n) is 4.61. The fourth-order valence-electron chi connectivity index (χ4n) is 1.75. The van der Waals surface area contributed by atoms with Crippen LogP contribution in [0.15, 0.2) is 0 Å². The number of hydrogen-bond acceptors (Lipinski definition) is 3. The van der Waals surface area contributed by atoms with Gasteiger partial charge in [-0.15, -0.1) is 0 Å². The van der Waals surface area contributed by atoms with E-state index in [1.54, 1.807) is 7.05 Å². The van der Waals surface area contributed by atoms with Crippen LogP contribution < -0.4 is 10.6 Å². The van der Waals surface area contributed by atoms with Gasteiger partial charge in [-0.3, -0.25) is 4.79 Å². The van der Waals surface area contributed by atoms with Gasteiger partial charge in [0.25, 0.3) is 0 Å². The second-order valence-corrected chi connectivity index (χ2v) is 4.61. The summed E-state index contributed by atoms with van der Waals surface area (Å²) in [5, 5.41) is 5.78.